The summed E-state index contributed by atoms with van der Waals surface area (Å²) in [5, 5.41) is 0.675. The predicted molar refractivity (Wildman–Crippen MR) is 59.2 cm³/mol. The summed E-state index contributed by atoms with van der Waals surface area (Å²) in [4.78, 5) is 11.3. The van der Waals surface area contributed by atoms with Crippen LogP contribution in [0.15, 0.2) is 6.07 Å². The zero-order valence-electron chi connectivity index (χ0n) is 8.05. The van der Waals surface area contributed by atoms with Gasteiger partial charge in [-0.3, -0.25) is 0 Å². The van der Waals surface area contributed by atoms with Crippen LogP contribution in [-0.2, 0) is 11.3 Å². The Labute approximate surface area is 96.6 Å². The van der Waals surface area contributed by atoms with Gasteiger partial charge in [-0.05, 0) is 13.0 Å². The summed E-state index contributed by atoms with van der Waals surface area (Å²) < 4.78 is 5.22. The first kappa shape index (κ1) is 10.7. The third kappa shape index (κ3) is 2.22. The highest BCUT2D eigenvalue weighted by Crippen LogP contribution is 2.23. The Morgan fingerprint density at radius 2 is 2.20 bits per heavy atom. The van der Waals surface area contributed by atoms with Crippen LogP contribution in [0.3, 0.4) is 0 Å². The Bertz CT molecular complexity index is 444. The van der Waals surface area contributed by atoms with E-state index in [4.69, 9.17) is 27.9 Å². The lowest BCUT2D eigenvalue weighted by molar-refractivity contribution is 0.129. The van der Waals surface area contributed by atoms with Gasteiger partial charge >= 0.3 is 0 Å². The molecule has 0 aromatic carbocycles. The number of H-pyrrole nitrogens is 1. The van der Waals surface area contributed by atoms with Gasteiger partial charge in [0.1, 0.15) is 17.6 Å². The summed E-state index contributed by atoms with van der Waals surface area (Å²) in [5.74, 6) is 0.720. The minimum atomic E-state index is 0.263. The number of hydrogen-bond donors (Lipinski definition) is 1. The molecule has 0 radical (unpaired) electrons. The summed E-state index contributed by atoms with van der Waals surface area (Å²) in [6.07, 6.45) is 0. The van der Waals surface area contributed by atoms with E-state index in [1.807, 2.05) is 6.92 Å². The van der Waals surface area contributed by atoms with E-state index < -0.39 is 0 Å². The molecule has 15 heavy (non-hydrogen) atoms. The number of aromatic nitrogens is 3. The molecular weight excluding hydrogens is 237 g/mol. The lowest BCUT2D eigenvalue weighted by Crippen LogP contribution is -1.93. The Hall–Kier alpha value is -0.840. The molecule has 0 aliphatic heterocycles. The first-order valence-electron chi connectivity index (χ1n) is 4.49. The molecule has 0 aliphatic carbocycles. The Morgan fingerprint density at radius 1 is 1.40 bits per heavy atom. The highest BCUT2D eigenvalue weighted by atomic mass is 35.5. The van der Waals surface area contributed by atoms with Crippen LogP contribution < -0.4 is 0 Å². The second-order valence-electron chi connectivity index (χ2n) is 2.95. The van der Waals surface area contributed by atoms with Crippen LogP contribution in [0, 0.1) is 0 Å². The molecule has 0 bridgehead atoms. The molecular formula is C9H9Cl2N3O. The summed E-state index contributed by atoms with van der Waals surface area (Å²) >= 11 is 11.6. The molecule has 0 atom stereocenters. The number of nitrogens with one attached hydrogen (secondary N) is 1. The monoisotopic (exact) mass is 245 g/mol. The molecule has 2 aromatic heterocycles. The SMILES string of the molecule is CCOCc1nc2nc(Cl)c(Cl)cc2[nH]1. The predicted octanol–water partition coefficient (Wildman–Crippen LogP) is 2.80. The van der Waals surface area contributed by atoms with E-state index in [0.29, 0.717) is 23.9 Å². The van der Waals surface area contributed by atoms with Gasteiger partial charge in [-0.2, -0.15) is 0 Å². The number of aromatic amines is 1. The highest BCUT2D eigenvalue weighted by Gasteiger charge is 2.07. The molecule has 4 nitrogen and oxygen atoms in total. The van der Waals surface area contributed by atoms with Crippen molar-refractivity contribution in [2.45, 2.75) is 13.5 Å². The second kappa shape index (κ2) is 4.35. The molecule has 0 aliphatic rings. The quantitative estimate of drug-likeness (QED) is 0.847. The van der Waals surface area contributed by atoms with Crippen LogP contribution in [0.1, 0.15) is 12.7 Å². The van der Waals surface area contributed by atoms with Crippen molar-refractivity contribution in [3.63, 3.8) is 0 Å². The van der Waals surface area contributed by atoms with Gasteiger partial charge < -0.3 is 9.72 Å². The van der Waals surface area contributed by atoms with Crippen molar-refractivity contribution >= 4 is 34.4 Å². The minimum absolute atomic E-state index is 0.263. The first-order valence-corrected chi connectivity index (χ1v) is 5.24. The van der Waals surface area contributed by atoms with Gasteiger partial charge in [-0.25, -0.2) is 9.97 Å². The molecule has 6 heteroatoms. The van der Waals surface area contributed by atoms with Crippen LogP contribution in [0.2, 0.25) is 10.2 Å². The maximum atomic E-state index is 5.83. The van der Waals surface area contributed by atoms with E-state index in [0.717, 1.165) is 11.3 Å². The third-order valence-electron chi connectivity index (χ3n) is 1.88. The Morgan fingerprint density at radius 3 is 2.93 bits per heavy atom. The zero-order chi connectivity index (χ0) is 10.8. The first-order chi connectivity index (χ1) is 7.20. The standard InChI is InChI=1S/C9H9Cl2N3O/c1-2-15-4-7-12-6-3-5(10)8(11)14-9(6)13-7/h3H,2,4H2,1H3,(H,12,13,14). The summed E-state index contributed by atoms with van der Waals surface area (Å²) in [7, 11) is 0. The molecule has 80 valence electrons. The number of rotatable bonds is 3. The normalized spacial score (nSPS) is 11.1. The van der Waals surface area contributed by atoms with Crippen LogP contribution in [0.5, 0.6) is 0 Å². The van der Waals surface area contributed by atoms with Gasteiger partial charge in [-0.15, -0.1) is 0 Å². The molecule has 1 N–H and O–H groups in total. The fraction of sp³-hybridized carbons (Fsp3) is 0.333. The van der Waals surface area contributed by atoms with E-state index >= 15 is 0 Å². The number of fused-ring (bicyclic) bond motifs is 1. The van der Waals surface area contributed by atoms with Gasteiger partial charge in [0.05, 0.1) is 10.5 Å². The van der Waals surface area contributed by atoms with E-state index in [-0.39, 0.29) is 5.15 Å². The number of imidazole rings is 1. The number of pyridine rings is 1. The average Bonchev–Trinajstić information content (AvgIpc) is 2.58. The molecule has 0 spiro atoms. The number of nitrogens with zero attached hydrogens (tertiary/aromatic N) is 2. The van der Waals surface area contributed by atoms with Gasteiger partial charge in [0.2, 0.25) is 0 Å². The average molecular weight is 246 g/mol. The number of ether oxygens (including phenoxy) is 1. The molecule has 2 aromatic rings. The molecule has 0 amide bonds. The topological polar surface area (TPSA) is 50.8 Å². The van der Waals surface area contributed by atoms with E-state index in [2.05, 4.69) is 15.0 Å². The van der Waals surface area contributed by atoms with Crippen LogP contribution in [-0.4, -0.2) is 21.6 Å². The zero-order valence-corrected chi connectivity index (χ0v) is 9.56. The molecule has 0 saturated heterocycles. The maximum Gasteiger partial charge on any atom is 0.179 e. The van der Waals surface area contributed by atoms with Crippen molar-refractivity contribution in [2.75, 3.05) is 6.61 Å². The fourth-order valence-corrected chi connectivity index (χ4v) is 1.50. The molecule has 0 fully saturated rings. The maximum absolute atomic E-state index is 5.83. The number of hydrogen-bond acceptors (Lipinski definition) is 3. The number of halogens is 2. The lowest BCUT2D eigenvalue weighted by atomic mass is 10.4. The molecule has 0 unspecified atom stereocenters. The highest BCUT2D eigenvalue weighted by molar-refractivity contribution is 6.41. The molecule has 0 saturated carbocycles. The van der Waals surface area contributed by atoms with Gasteiger partial charge in [-0.1, -0.05) is 23.2 Å². The largest absolute Gasteiger partial charge is 0.374 e. The van der Waals surface area contributed by atoms with E-state index in [1.54, 1.807) is 6.07 Å². The lowest BCUT2D eigenvalue weighted by Gasteiger charge is -1.94. The fourth-order valence-electron chi connectivity index (χ4n) is 1.21. The summed E-state index contributed by atoms with van der Waals surface area (Å²) in [5.41, 5.74) is 1.32. The van der Waals surface area contributed by atoms with Gasteiger partial charge in [0, 0.05) is 6.61 Å². The van der Waals surface area contributed by atoms with Crippen LogP contribution >= 0.6 is 23.2 Å². The third-order valence-corrected chi connectivity index (χ3v) is 2.55. The van der Waals surface area contributed by atoms with Gasteiger partial charge in [0.25, 0.3) is 0 Å². The van der Waals surface area contributed by atoms with Crippen molar-refractivity contribution < 1.29 is 4.74 Å². The van der Waals surface area contributed by atoms with Crippen LogP contribution in [0.25, 0.3) is 11.2 Å². The van der Waals surface area contributed by atoms with E-state index in [1.165, 1.54) is 0 Å². The Balaban J connectivity index is 2.38. The van der Waals surface area contributed by atoms with Crippen molar-refractivity contribution in [3.8, 4) is 0 Å². The van der Waals surface area contributed by atoms with Crippen molar-refractivity contribution in [1.29, 1.82) is 0 Å². The molecule has 2 rings (SSSR count). The minimum Gasteiger partial charge on any atom is -0.374 e. The Kier molecular flexibility index (Phi) is 3.09. The molecule has 2 heterocycles. The smallest absolute Gasteiger partial charge is 0.179 e. The van der Waals surface area contributed by atoms with E-state index in [9.17, 15) is 0 Å². The summed E-state index contributed by atoms with van der Waals surface area (Å²) in [6.45, 7) is 3.00. The van der Waals surface area contributed by atoms with Gasteiger partial charge in [0.15, 0.2) is 5.65 Å². The van der Waals surface area contributed by atoms with Crippen molar-refractivity contribution in [2.24, 2.45) is 0 Å². The van der Waals surface area contributed by atoms with Crippen molar-refractivity contribution in [1.82, 2.24) is 15.0 Å². The van der Waals surface area contributed by atoms with Crippen LogP contribution in [0.4, 0.5) is 0 Å². The summed E-state index contributed by atoms with van der Waals surface area (Å²) in [6, 6.07) is 1.70. The second-order valence-corrected chi connectivity index (χ2v) is 3.72. The van der Waals surface area contributed by atoms with Crippen molar-refractivity contribution in [3.05, 3.63) is 22.1 Å².